The molecule has 136 valence electrons. The summed E-state index contributed by atoms with van der Waals surface area (Å²) in [5.41, 5.74) is 4.94. The van der Waals surface area contributed by atoms with E-state index in [1.54, 1.807) is 11.3 Å². The van der Waals surface area contributed by atoms with Crippen LogP contribution in [-0.4, -0.2) is 20.3 Å². The molecule has 0 atom stereocenters. The van der Waals surface area contributed by atoms with Crippen molar-refractivity contribution in [1.29, 1.82) is 0 Å². The zero-order valence-electron chi connectivity index (χ0n) is 15.1. The van der Waals surface area contributed by atoms with Crippen molar-refractivity contribution in [3.63, 3.8) is 0 Å². The molecule has 5 rings (SSSR count). The highest BCUT2D eigenvalue weighted by Gasteiger charge is 2.12. The van der Waals surface area contributed by atoms with Gasteiger partial charge in [0.2, 0.25) is 0 Å². The molecule has 0 aliphatic heterocycles. The van der Waals surface area contributed by atoms with Crippen molar-refractivity contribution >= 4 is 38.8 Å². The lowest BCUT2D eigenvalue weighted by atomic mass is 10.1. The lowest BCUT2D eigenvalue weighted by Gasteiger charge is -2.09. The molecule has 0 saturated heterocycles. The van der Waals surface area contributed by atoms with E-state index in [9.17, 15) is 4.79 Å². The monoisotopic (exact) mass is 384 g/mol. The number of benzene rings is 2. The summed E-state index contributed by atoms with van der Waals surface area (Å²) in [6.07, 6.45) is 4.00. The number of imidazole rings is 1. The van der Waals surface area contributed by atoms with Crippen molar-refractivity contribution < 1.29 is 4.79 Å². The summed E-state index contributed by atoms with van der Waals surface area (Å²) < 4.78 is 2.01. The summed E-state index contributed by atoms with van der Waals surface area (Å²) in [5, 5.41) is 5.84. The molecule has 2 aromatic carbocycles. The van der Waals surface area contributed by atoms with Crippen molar-refractivity contribution in [2.24, 2.45) is 0 Å². The van der Waals surface area contributed by atoms with E-state index >= 15 is 0 Å². The van der Waals surface area contributed by atoms with E-state index < -0.39 is 0 Å². The van der Waals surface area contributed by atoms with Crippen LogP contribution in [0.15, 0.2) is 72.4 Å². The van der Waals surface area contributed by atoms with Crippen molar-refractivity contribution in [2.75, 3.05) is 5.32 Å². The number of hydrogen-bond donors (Lipinski definition) is 1. The van der Waals surface area contributed by atoms with Gasteiger partial charge < -0.3 is 5.32 Å². The van der Waals surface area contributed by atoms with Gasteiger partial charge in [-0.3, -0.25) is 14.2 Å². The zero-order valence-corrected chi connectivity index (χ0v) is 15.9. The molecule has 5 nitrogen and oxygen atoms in total. The van der Waals surface area contributed by atoms with Gasteiger partial charge in [0.15, 0.2) is 4.96 Å². The Labute approximate surface area is 165 Å². The number of para-hydroxylation sites is 1. The third-order valence-corrected chi connectivity index (χ3v) is 5.39. The third-order valence-electron chi connectivity index (χ3n) is 4.62. The molecule has 0 unspecified atom stereocenters. The van der Waals surface area contributed by atoms with Gasteiger partial charge in [-0.2, -0.15) is 0 Å². The molecule has 0 aliphatic carbocycles. The first-order valence-corrected chi connectivity index (χ1v) is 9.76. The number of carbonyl (C=O) groups is 1. The molecule has 3 aromatic heterocycles. The second-order valence-electron chi connectivity index (χ2n) is 6.58. The van der Waals surface area contributed by atoms with Crippen LogP contribution in [0.25, 0.3) is 27.1 Å². The molecule has 0 radical (unpaired) electrons. The molecule has 0 saturated carbocycles. The number of aromatic nitrogens is 3. The molecule has 1 amide bonds. The minimum atomic E-state index is -0.142. The fourth-order valence-corrected chi connectivity index (χ4v) is 3.98. The zero-order chi connectivity index (χ0) is 19.1. The fourth-order valence-electron chi connectivity index (χ4n) is 3.28. The molecule has 5 aromatic rings. The average Bonchev–Trinajstić information content (AvgIpc) is 3.30. The molecule has 0 bridgehead atoms. The Hall–Kier alpha value is -3.51. The highest BCUT2D eigenvalue weighted by atomic mass is 32.1. The van der Waals surface area contributed by atoms with E-state index in [4.69, 9.17) is 0 Å². The predicted octanol–water partition coefficient (Wildman–Crippen LogP) is 5.17. The number of pyridine rings is 1. The van der Waals surface area contributed by atoms with E-state index in [-0.39, 0.29) is 5.91 Å². The maximum atomic E-state index is 12.9. The third kappa shape index (κ3) is 2.93. The molecule has 28 heavy (non-hydrogen) atoms. The highest BCUT2D eigenvalue weighted by molar-refractivity contribution is 7.15. The number of fused-ring (bicyclic) bond motifs is 2. The SMILES string of the molecule is Cc1cc(C(=O)Nc2ccc(-c3cn4ccsc4n3)cc2)c2ccccc2n1. The number of hydrogen-bond acceptors (Lipinski definition) is 4. The van der Waals surface area contributed by atoms with Crippen LogP contribution >= 0.6 is 11.3 Å². The number of amides is 1. The smallest absolute Gasteiger partial charge is 0.256 e. The summed E-state index contributed by atoms with van der Waals surface area (Å²) in [4.78, 5) is 22.9. The summed E-state index contributed by atoms with van der Waals surface area (Å²) >= 11 is 1.60. The minimum absolute atomic E-state index is 0.142. The molecule has 1 N–H and O–H groups in total. The van der Waals surface area contributed by atoms with Crippen LogP contribution in [-0.2, 0) is 0 Å². The highest BCUT2D eigenvalue weighted by Crippen LogP contribution is 2.24. The second-order valence-corrected chi connectivity index (χ2v) is 7.45. The van der Waals surface area contributed by atoms with E-state index in [1.165, 1.54) is 0 Å². The summed E-state index contributed by atoms with van der Waals surface area (Å²) in [5.74, 6) is -0.142. The van der Waals surface area contributed by atoms with Gasteiger partial charge in [0.1, 0.15) is 0 Å². The van der Waals surface area contributed by atoms with Gasteiger partial charge >= 0.3 is 0 Å². The first kappa shape index (κ1) is 16.6. The van der Waals surface area contributed by atoms with Gasteiger partial charge in [0, 0.05) is 40.1 Å². The number of nitrogens with zero attached hydrogens (tertiary/aromatic N) is 3. The van der Waals surface area contributed by atoms with Crippen LogP contribution in [0.1, 0.15) is 16.1 Å². The first-order chi connectivity index (χ1) is 13.7. The van der Waals surface area contributed by atoms with Crippen LogP contribution in [0.5, 0.6) is 0 Å². The molecular weight excluding hydrogens is 368 g/mol. The Morgan fingerprint density at radius 3 is 2.71 bits per heavy atom. The Bertz CT molecular complexity index is 1290. The number of rotatable bonds is 3. The van der Waals surface area contributed by atoms with Crippen LogP contribution in [0, 0.1) is 6.92 Å². The Morgan fingerprint density at radius 1 is 1.07 bits per heavy atom. The summed E-state index contributed by atoms with van der Waals surface area (Å²) in [6, 6.07) is 17.2. The van der Waals surface area contributed by atoms with Crippen molar-refractivity contribution in [1.82, 2.24) is 14.4 Å². The van der Waals surface area contributed by atoms with Gasteiger partial charge in [-0.25, -0.2) is 4.98 Å². The molecular formula is C22H16N4OS. The van der Waals surface area contributed by atoms with Gasteiger partial charge in [-0.15, -0.1) is 11.3 Å². The lowest BCUT2D eigenvalue weighted by Crippen LogP contribution is -2.13. The van der Waals surface area contributed by atoms with Crippen LogP contribution < -0.4 is 5.32 Å². The maximum Gasteiger partial charge on any atom is 0.256 e. The molecule has 0 spiro atoms. The van der Waals surface area contributed by atoms with E-state index in [0.717, 1.165) is 38.5 Å². The standard InChI is InChI=1S/C22H16N4OS/c1-14-12-18(17-4-2-3-5-19(17)23-14)21(27)24-16-8-6-15(7-9-16)20-13-26-10-11-28-22(26)25-20/h2-13H,1H3,(H,24,27). The van der Waals surface area contributed by atoms with Crippen LogP contribution in [0.3, 0.4) is 0 Å². The molecule has 0 fully saturated rings. The number of anilines is 1. The molecule has 0 aliphatic rings. The predicted molar refractivity (Wildman–Crippen MR) is 113 cm³/mol. The fraction of sp³-hybridized carbons (Fsp3) is 0.0455. The number of carbonyl (C=O) groups excluding carboxylic acids is 1. The average molecular weight is 384 g/mol. The van der Waals surface area contributed by atoms with Crippen LogP contribution in [0.2, 0.25) is 0 Å². The first-order valence-electron chi connectivity index (χ1n) is 8.88. The number of thiazole rings is 1. The van der Waals surface area contributed by atoms with Crippen LogP contribution in [0.4, 0.5) is 5.69 Å². The van der Waals surface area contributed by atoms with Gasteiger partial charge in [-0.1, -0.05) is 30.3 Å². The second kappa shape index (κ2) is 6.58. The molecule has 3 heterocycles. The van der Waals surface area contributed by atoms with E-state index in [2.05, 4.69) is 15.3 Å². The summed E-state index contributed by atoms with van der Waals surface area (Å²) in [7, 11) is 0. The van der Waals surface area contributed by atoms with E-state index in [1.807, 2.05) is 83.7 Å². The van der Waals surface area contributed by atoms with Crippen molar-refractivity contribution in [3.05, 3.63) is 83.6 Å². The van der Waals surface area contributed by atoms with Gasteiger partial charge in [0.25, 0.3) is 5.91 Å². The Balaban J connectivity index is 1.42. The quantitative estimate of drug-likeness (QED) is 0.467. The largest absolute Gasteiger partial charge is 0.322 e. The normalized spacial score (nSPS) is 11.2. The van der Waals surface area contributed by atoms with Gasteiger partial charge in [-0.05, 0) is 31.2 Å². The molecule has 6 heteroatoms. The van der Waals surface area contributed by atoms with Crippen molar-refractivity contribution in [3.8, 4) is 11.3 Å². The Morgan fingerprint density at radius 2 is 1.89 bits per heavy atom. The lowest BCUT2D eigenvalue weighted by molar-refractivity contribution is 0.102. The number of aryl methyl sites for hydroxylation is 1. The van der Waals surface area contributed by atoms with Crippen molar-refractivity contribution in [2.45, 2.75) is 6.92 Å². The topological polar surface area (TPSA) is 59.3 Å². The van der Waals surface area contributed by atoms with Gasteiger partial charge in [0.05, 0.1) is 16.8 Å². The summed E-state index contributed by atoms with van der Waals surface area (Å²) in [6.45, 7) is 1.90. The Kier molecular flexibility index (Phi) is 3.91. The van der Waals surface area contributed by atoms with E-state index in [0.29, 0.717) is 5.56 Å². The maximum absolute atomic E-state index is 12.9. The minimum Gasteiger partial charge on any atom is -0.322 e. The number of nitrogens with one attached hydrogen (secondary N) is 1.